The number of rotatable bonds is 5. The zero-order valence-electron chi connectivity index (χ0n) is 14.0. The summed E-state index contributed by atoms with van der Waals surface area (Å²) in [5.74, 6) is -0.114. The number of aryl methyl sites for hydroxylation is 1. The van der Waals surface area contributed by atoms with Crippen molar-refractivity contribution in [1.82, 2.24) is 10.2 Å². The molecule has 0 aromatic heterocycles. The van der Waals surface area contributed by atoms with E-state index < -0.39 is 0 Å². The van der Waals surface area contributed by atoms with Crippen LogP contribution < -0.4 is 5.32 Å². The normalized spacial score (nSPS) is 16.1. The van der Waals surface area contributed by atoms with Crippen molar-refractivity contribution >= 4 is 17.5 Å². The van der Waals surface area contributed by atoms with Crippen molar-refractivity contribution in [2.24, 2.45) is 0 Å². The molecule has 2 aromatic carbocycles. The van der Waals surface area contributed by atoms with Gasteiger partial charge in [0.25, 0.3) is 5.91 Å². The quantitative estimate of drug-likeness (QED) is 0.882. The summed E-state index contributed by atoms with van der Waals surface area (Å²) in [6, 6.07) is 16.0. The van der Waals surface area contributed by atoms with E-state index >= 15 is 0 Å². The number of nitrogens with one attached hydrogen (secondary N) is 1. The van der Waals surface area contributed by atoms with Crippen LogP contribution in [0.1, 0.15) is 40.4 Å². The molecule has 24 heavy (non-hydrogen) atoms. The minimum absolute atomic E-state index is 0.114. The molecule has 3 nitrogen and oxygen atoms in total. The number of likely N-dealkylation sites (tertiary alicyclic amines) is 1. The standard InChI is InChI=1S/C20H23ClN2O/c1-15-8-10-16(11-9-15)19(23-12-4-5-13-23)14-22-20(24)17-6-2-3-7-18(17)21/h2-3,6-11,19H,4-5,12-14H2,1H3,(H,22,24)/t19-/m0/s1. The van der Waals surface area contributed by atoms with Gasteiger partial charge in [0.05, 0.1) is 16.6 Å². The van der Waals surface area contributed by atoms with Crippen molar-refractivity contribution in [3.05, 3.63) is 70.2 Å². The number of benzene rings is 2. The van der Waals surface area contributed by atoms with Gasteiger partial charge in [-0.1, -0.05) is 53.6 Å². The number of carbonyl (C=O) groups excluding carboxylic acids is 1. The predicted molar refractivity (Wildman–Crippen MR) is 98.5 cm³/mol. The zero-order valence-corrected chi connectivity index (χ0v) is 14.7. The Balaban J connectivity index is 1.73. The summed E-state index contributed by atoms with van der Waals surface area (Å²) in [6.45, 7) is 4.85. The highest BCUT2D eigenvalue weighted by Crippen LogP contribution is 2.25. The molecule has 1 N–H and O–H groups in total. The van der Waals surface area contributed by atoms with Gasteiger partial charge < -0.3 is 5.32 Å². The first-order valence-corrected chi connectivity index (χ1v) is 8.86. The second kappa shape index (κ2) is 7.82. The second-order valence-electron chi connectivity index (χ2n) is 6.36. The lowest BCUT2D eigenvalue weighted by Gasteiger charge is -2.28. The maximum absolute atomic E-state index is 12.5. The summed E-state index contributed by atoms with van der Waals surface area (Å²) in [5.41, 5.74) is 3.03. The molecule has 1 aliphatic heterocycles. The maximum Gasteiger partial charge on any atom is 0.252 e. The Labute approximate surface area is 148 Å². The number of hydrogen-bond acceptors (Lipinski definition) is 2. The van der Waals surface area contributed by atoms with Crippen molar-refractivity contribution in [1.29, 1.82) is 0 Å². The highest BCUT2D eigenvalue weighted by atomic mass is 35.5. The molecule has 1 aliphatic rings. The summed E-state index contributed by atoms with van der Waals surface area (Å²) >= 11 is 6.12. The molecule has 1 saturated heterocycles. The fourth-order valence-corrected chi connectivity index (χ4v) is 3.45. The van der Waals surface area contributed by atoms with E-state index in [1.165, 1.54) is 24.0 Å². The molecule has 4 heteroatoms. The molecule has 0 radical (unpaired) electrons. The molecule has 0 saturated carbocycles. The summed E-state index contributed by atoms with van der Waals surface area (Å²) < 4.78 is 0. The number of carbonyl (C=O) groups is 1. The van der Waals surface area contributed by atoms with Gasteiger partial charge >= 0.3 is 0 Å². The lowest BCUT2D eigenvalue weighted by molar-refractivity contribution is 0.0938. The lowest BCUT2D eigenvalue weighted by Crippen LogP contribution is -2.36. The summed E-state index contributed by atoms with van der Waals surface area (Å²) in [7, 11) is 0. The lowest BCUT2D eigenvalue weighted by atomic mass is 10.0. The van der Waals surface area contributed by atoms with Gasteiger partial charge in [-0.05, 0) is 50.6 Å². The van der Waals surface area contributed by atoms with Gasteiger partial charge in [-0.3, -0.25) is 9.69 Å². The number of hydrogen-bond donors (Lipinski definition) is 1. The molecule has 0 bridgehead atoms. The van der Waals surface area contributed by atoms with Crippen molar-refractivity contribution in [2.45, 2.75) is 25.8 Å². The van der Waals surface area contributed by atoms with Crippen LogP contribution in [0.5, 0.6) is 0 Å². The van der Waals surface area contributed by atoms with Crippen LogP contribution in [0.25, 0.3) is 0 Å². The number of amides is 1. The van der Waals surface area contributed by atoms with E-state index in [4.69, 9.17) is 11.6 Å². The van der Waals surface area contributed by atoms with E-state index in [0.717, 1.165) is 13.1 Å². The largest absolute Gasteiger partial charge is 0.350 e. The first kappa shape index (κ1) is 17.0. The smallest absolute Gasteiger partial charge is 0.252 e. The number of halogens is 1. The maximum atomic E-state index is 12.5. The average Bonchev–Trinajstić information content (AvgIpc) is 3.11. The average molecular weight is 343 g/mol. The molecule has 0 unspecified atom stereocenters. The predicted octanol–water partition coefficient (Wildman–Crippen LogP) is 4.22. The fourth-order valence-electron chi connectivity index (χ4n) is 3.23. The molecule has 1 fully saturated rings. The van der Waals surface area contributed by atoms with Gasteiger partial charge in [0.15, 0.2) is 0 Å². The van der Waals surface area contributed by atoms with Crippen LogP contribution >= 0.6 is 11.6 Å². The van der Waals surface area contributed by atoms with E-state index in [2.05, 4.69) is 41.4 Å². The molecular weight excluding hydrogens is 320 g/mol. The van der Waals surface area contributed by atoms with Gasteiger partial charge in [-0.25, -0.2) is 0 Å². The molecule has 0 spiro atoms. The Hall–Kier alpha value is -1.84. The first-order chi connectivity index (χ1) is 11.6. The Morgan fingerprint density at radius 3 is 2.46 bits per heavy atom. The van der Waals surface area contributed by atoms with Gasteiger partial charge in [-0.15, -0.1) is 0 Å². The highest BCUT2D eigenvalue weighted by Gasteiger charge is 2.24. The van der Waals surface area contributed by atoms with Crippen LogP contribution in [0, 0.1) is 6.92 Å². The van der Waals surface area contributed by atoms with Crippen molar-refractivity contribution in [2.75, 3.05) is 19.6 Å². The van der Waals surface area contributed by atoms with Crippen LogP contribution in [0.4, 0.5) is 0 Å². The van der Waals surface area contributed by atoms with E-state index in [9.17, 15) is 4.79 Å². The van der Waals surface area contributed by atoms with Crippen molar-refractivity contribution < 1.29 is 4.79 Å². The van der Waals surface area contributed by atoms with Crippen LogP contribution in [-0.2, 0) is 0 Å². The Bertz CT molecular complexity index is 693. The van der Waals surface area contributed by atoms with Gasteiger partial charge in [0.2, 0.25) is 0 Å². The summed E-state index contributed by atoms with van der Waals surface area (Å²) in [4.78, 5) is 14.9. The summed E-state index contributed by atoms with van der Waals surface area (Å²) in [5, 5.41) is 3.55. The monoisotopic (exact) mass is 342 g/mol. The van der Waals surface area contributed by atoms with E-state index in [1.54, 1.807) is 12.1 Å². The third kappa shape index (κ3) is 3.97. The van der Waals surface area contributed by atoms with Crippen molar-refractivity contribution in [3.63, 3.8) is 0 Å². The molecule has 3 rings (SSSR count). The molecule has 1 amide bonds. The number of nitrogens with zero attached hydrogens (tertiary/aromatic N) is 1. The van der Waals surface area contributed by atoms with Crippen molar-refractivity contribution in [3.8, 4) is 0 Å². The minimum Gasteiger partial charge on any atom is -0.350 e. The minimum atomic E-state index is -0.114. The second-order valence-corrected chi connectivity index (χ2v) is 6.77. The molecule has 1 atom stereocenters. The van der Waals surface area contributed by atoms with E-state index in [0.29, 0.717) is 17.1 Å². The van der Waals surface area contributed by atoms with Gasteiger partial charge in [0.1, 0.15) is 0 Å². The third-order valence-electron chi connectivity index (χ3n) is 4.62. The molecule has 126 valence electrons. The fraction of sp³-hybridized carbons (Fsp3) is 0.350. The van der Waals surface area contributed by atoms with E-state index in [1.807, 2.05) is 12.1 Å². The van der Waals surface area contributed by atoms with Crippen LogP contribution in [0.2, 0.25) is 5.02 Å². The SMILES string of the molecule is Cc1ccc([C@H](CNC(=O)c2ccccc2Cl)N2CCCC2)cc1. The Morgan fingerprint density at radius 2 is 1.79 bits per heavy atom. The van der Waals surface area contributed by atoms with Crippen LogP contribution in [-0.4, -0.2) is 30.4 Å². The zero-order chi connectivity index (χ0) is 16.9. The van der Waals surface area contributed by atoms with Crippen LogP contribution in [0.15, 0.2) is 48.5 Å². The third-order valence-corrected chi connectivity index (χ3v) is 4.95. The van der Waals surface area contributed by atoms with Gasteiger partial charge in [0, 0.05) is 6.54 Å². The molecule has 0 aliphatic carbocycles. The van der Waals surface area contributed by atoms with E-state index in [-0.39, 0.29) is 11.9 Å². The highest BCUT2D eigenvalue weighted by molar-refractivity contribution is 6.33. The molecule has 2 aromatic rings. The van der Waals surface area contributed by atoms with Crippen LogP contribution in [0.3, 0.4) is 0 Å². The topological polar surface area (TPSA) is 32.3 Å². The van der Waals surface area contributed by atoms with Gasteiger partial charge in [-0.2, -0.15) is 0 Å². The first-order valence-electron chi connectivity index (χ1n) is 8.48. The Morgan fingerprint density at radius 1 is 1.12 bits per heavy atom. The Kier molecular flexibility index (Phi) is 5.54. The molecule has 1 heterocycles. The molecular formula is C20H23ClN2O. The summed E-state index contributed by atoms with van der Waals surface area (Å²) in [6.07, 6.45) is 2.45.